The highest BCUT2D eigenvalue weighted by Gasteiger charge is 2.32. The Labute approximate surface area is 295 Å². The van der Waals surface area contributed by atoms with Crippen LogP contribution in [-0.2, 0) is 33.8 Å². The molecule has 1 aliphatic rings. The Bertz CT molecular complexity index is 1620. The van der Waals surface area contributed by atoms with Gasteiger partial charge in [0.05, 0.1) is 36.6 Å². The molecule has 2 aromatic carbocycles. The number of likely N-dealkylation sites (N-methyl/N-ethyl adjacent to an activating group) is 2. The number of ether oxygens (including phenoxy) is 1. The van der Waals surface area contributed by atoms with Crippen LogP contribution in [0, 0.1) is 18.2 Å². The summed E-state index contributed by atoms with van der Waals surface area (Å²) in [5.41, 5.74) is 4.78. The summed E-state index contributed by atoms with van der Waals surface area (Å²) in [5, 5.41) is 18.4. The van der Waals surface area contributed by atoms with Gasteiger partial charge < -0.3 is 29.6 Å². The molecular weight excluding hydrogens is 639 g/mol. The summed E-state index contributed by atoms with van der Waals surface area (Å²) in [5.74, 6) is -1.88. The van der Waals surface area contributed by atoms with Crippen LogP contribution in [0.4, 0.5) is 10.1 Å². The number of carbonyl (C=O) groups excluding carboxylic acids is 2. The molecule has 50 heavy (non-hydrogen) atoms. The van der Waals surface area contributed by atoms with E-state index < -0.39 is 23.4 Å². The number of aliphatic hydroxyl groups is 1. The van der Waals surface area contributed by atoms with Crippen LogP contribution in [0.2, 0.25) is 0 Å². The maximum absolute atomic E-state index is 13.2. The molecule has 0 radical (unpaired) electrons. The summed E-state index contributed by atoms with van der Waals surface area (Å²) in [4.78, 5) is 47.2. The fourth-order valence-corrected chi connectivity index (χ4v) is 5.56. The van der Waals surface area contributed by atoms with E-state index in [0.717, 1.165) is 48.3 Å². The van der Waals surface area contributed by atoms with Gasteiger partial charge in [-0.3, -0.25) is 19.4 Å². The second-order valence-electron chi connectivity index (χ2n) is 14.8. The highest BCUT2D eigenvalue weighted by Crippen LogP contribution is 2.42. The van der Waals surface area contributed by atoms with Gasteiger partial charge in [-0.2, -0.15) is 0 Å². The molecule has 1 aliphatic heterocycles. The average Bonchev–Trinajstić information content (AvgIpc) is 3.02. The number of hydrogen-bond donors (Lipinski definition) is 2. The Hall–Kier alpha value is -4.51. The lowest BCUT2D eigenvalue weighted by Crippen LogP contribution is -2.40. The van der Waals surface area contributed by atoms with E-state index in [0.29, 0.717) is 35.7 Å². The van der Waals surface area contributed by atoms with E-state index in [-0.39, 0.29) is 24.2 Å². The van der Waals surface area contributed by atoms with E-state index in [2.05, 4.69) is 18.7 Å². The molecule has 1 fully saturated rings. The highest BCUT2D eigenvalue weighted by atomic mass is 19.1. The number of halogens is 1. The van der Waals surface area contributed by atoms with Crippen LogP contribution < -0.4 is 9.64 Å². The van der Waals surface area contributed by atoms with Crippen LogP contribution in [-0.4, -0.2) is 89.2 Å². The van der Waals surface area contributed by atoms with Crippen molar-refractivity contribution in [3.63, 3.8) is 0 Å². The topological polar surface area (TPSA) is 124 Å². The third-order valence-corrected chi connectivity index (χ3v) is 8.35. The van der Waals surface area contributed by atoms with Crippen LogP contribution in [0.3, 0.4) is 0 Å². The van der Waals surface area contributed by atoms with Gasteiger partial charge in [0, 0.05) is 57.5 Å². The van der Waals surface area contributed by atoms with Gasteiger partial charge in [-0.1, -0.05) is 38.1 Å². The van der Waals surface area contributed by atoms with Gasteiger partial charge in [-0.05, 0) is 81.3 Å². The van der Waals surface area contributed by atoms with Crippen molar-refractivity contribution in [1.29, 1.82) is 0 Å². The number of rotatable bonds is 10. The number of nitrogens with zero attached hydrogens (tertiary/aromatic N) is 4. The number of carboxylic acid groups (broad SMARTS) is 1. The lowest BCUT2D eigenvalue weighted by atomic mass is 9.82. The first kappa shape index (κ1) is 39.9. The lowest BCUT2D eigenvalue weighted by molar-refractivity contribution is -0.149. The standard InChI is InChI=1S/C35H43FN4O5.C4H10O/c1-23-28(21-30(41)42)32(40-18-16-35(2,3)17-19-40)31(29(37-23)22-39(6)34(44)33(43)38(4)5)25-9-13-27(14-10-25)45-20-15-24-7-11-26(36)12-8-24;1-4(2,3)5/h7-14H,15-22H2,1-6H3,(H,41,42);5H,1-3H3. The molecule has 3 aromatic rings. The van der Waals surface area contributed by atoms with Crippen molar-refractivity contribution < 1.29 is 33.7 Å². The first-order valence-electron chi connectivity index (χ1n) is 16.9. The van der Waals surface area contributed by atoms with E-state index >= 15 is 0 Å². The minimum absolute atomic E-state index is 0.0597. The minimum Gasteiger partial charge on any atom is -0.493 e. The SMILES string of the molecule is CC(C)(C)O.Cc1nc(CN(C)C(=O)C(=O)N(C)C)c(-c2ccc(OCCc3ccc(F)cc3)cc2)c(N2CCC(C)(C)CC2)c1CC(=O)O. The molecule has 2 amide bonds. The molecule has 0 saturated carbocycles. The Kier molecular flexibility index (Phi) is 13.5. The average molecular weight is 693 g/mol. The number of pyridine rings is 1. The molecule has 0 atom stereocenters. The van der Waals surface area contributed by atoms with Crippen molar-refractivity contribution in [2.45, 2.75) is 79.4 Å². The zero-order valence-electron chi connectivity index (χ0n) is 31.0. The Morgan fingerprint density at radius 3 is 2.04 bits per heavy atom. The van der Waals surface area contributed by atoms with Gasteiger partial charge in [0.15, 0.2) is 0 Å². The number of aromatic nitrogens is 1. The van der Waals surface area contributed by atoms with E-state index in [9.17, 15) is 23.9 Å². The predicted octanol–water partition coefficient (Wildman–Crippen LogP) is 5.89. The molecule has 1 aromatic heterocycles. The highest BCUT2D eigenvalue weighted by molar-refractivity contribution is 6.34. The molecule has 4 rings (SSSR count). The first-order valence-corrected chi connectivity index (χ1v) is 16.9. The van der Waals surface area contributed by atoms with Crippen molar-refractivity contribution in [3.05, 3.63) is 76.9 Å². The van der Waals surface area contributed by atoms with Gasteiger partial charge in [-0.25, -0.2) is 4.39 Å². The van der Waals surface area contributed by atoms with Crippen LogP contribution in [0.5, 0.6) is 5.75 Å². The second-order valence-corrected chi connectivity index (χ2v) is 14.8. The van der Waals surface area contributed by atoms with Gasteiger partial charge in [-0.15, -0.1) is 0 Å². The maximum Gasteiger partial charge on any atom is 0.312 e. The Morgan fingerprint density at radius 2 is 1.52 bits per heavy atom. The number of anilines is 1. The smallest absolute Gasteiger partial charge is 0.312 e. The van der Waals surface area contributed by atoms with Crippen molar-refractivity contribution in [2.24, 2.45) is 5.41 Å². The third-order valence-electron chi connectivity index (χ3n) is 8.35. The molecule has 0 bridgehead atoms. The zero-order chi connectivity index (χ0) is 37.4. The van der Waals surface area contributed by atoms with Crippen LogP contribution >= 0.6 is 0 Å². The summed E-state index contributed by atoms with van der Waals surface area (Å²) in [6, 6.07) is 13.9. The fourth-order valence-electron chi connectivity index (χ4n) is 5.56. The van der Waals surface area contributed by atoms with E-state index in [1.54, 1.807) is 46.9 Å². The molecule has 272 valence electrons. The van der Waals surface area contributed by atoms with E-state index in [1.165, 1.54) is 36.0 Å². The quantitative estimate of drug-likeness (QED) is 0.252. The molecule has 2 N–H and O–H groups in total. The summed E-state index contributed by atoms with van der Waals surface area (Å²) in [6.45, 7) is 13.5. The second kappa shape index (κ2) is 16.9. The van der Waals surface area contributed by atoms with Crippen LogP contribution in [0.25, 0.3) is 11.1 Å². The monoisotopic (exact) mass is 692 g/mol. The number of amides is 2. The molecule has 0 unspecified atom stereocenters. The van der Waals surface area contributed by atoms with Crippen molar-refractivity contribution in [3.8, 4) is 16.9 Å². The third kappa shape index (κ3) is 11.8. The summed E-state index contributed by atoms with van der Waals surface area (Å²) >= 11 is 0. The number of hydrogen-bond acceptors (Lipinski definition) is 7. The van der Waals surface area contributed by atoms with Crippen molar-refractivity contribution in [1.82, 2.24) is 14.8 Å². The molecule has 0 spiro atoms. The van der Waals surface area contributed by atoms with Gasteiger partial charge in [0.2, 0.25) is 0 Å². The number of piperidine rings is 1. The Morgan fingerprint density at radius 1 is 0.960 bits per heavy atom. The zero-order valence-corrected chi connectivity index (χ0v) is 31.0. The molecule has 10 nitrogen and oxygen atoms in total. The Balaban J connectivity index is 0.00000126. The van der Waals surface area contributed by atoms with Gasteiger partial charge in [0.1, 0.15) is 11.6 Å². The maximum atomic E-state index is 13.2. The number of aliphatic carboxylic acids is 1. The number of carbonyl (C=O) groups is 3. The molecule has 11 heteroatoms. The normalized spacial score (nSPS) is 13.9. The molecule has 0 aliphatic carbocycles. The number of aryl methyl sites for hydroxylation is 1. The van der Waals surface area contributed by atoms with Gasteiger partial charge >= 0.3 is 17.8 Å². The molecule has 2 heterocycles. The summed E-state index contributed by atoms with van der Waals surface area (Å²) < 4.78 is 19.2. The van der Waals surface area contributed by atoms with E-state index in [1.807, 2.05) is 24.3 Å². The number of carboxylic acids is 1. The molecule has 1 saturated heterocycles. The first-order chi connectivity index (χ1) is 23.3. The van der Waals surface area contributed by atoms with Crippen LogP contribution in [0.1, 0.15) is 70.0 Å². The van der Waals surface area contributed by atoms with E-state index in [4.69, 9.17) is 14.8 Å². The summed E-state index contributed by atoms with van der Waals surface area (Å²) in [7, 11) is 4.63. The van der Waals surface area contributed by atoms with Crippen LogP contribution in [0.15, 0.2) is 48.5 Å². The largest absolute Gasteiger partial charge is 0.493 e. The summed E-state index contributed by atoms with van der Waals surface area (Å²) in [6.07, 6.45) is 2.30. The molecular formula is C39H53FN4O6. The lowest BCUT2D eigenvalue weighted by Gasteiger charge is -2.40. The minimum atomic E-state index is -0.953. The predicted molar refractivity (Wildman–Crippen MR) is 194 cm³/mol. The van der Waals surface area contributed by atoms with Crippen molar-refractivity contribution in [2.75, 3.05) is 45.7 Å². The van der Waals surface area contributed by atoms with Crippen molar-refractivity contribution >= 4 is 23.5 Å². The number of benzene rings is 2. The van der Waals surface area contributed by atoms with Gasteiger partial charge in [0.25, 0.3) is 0 Å². The fraction of sp³-hybridized carbons (Fsp3) is 0.487.